The summed E-state index contributed by atoms with van der Waals surface area (Å²) in [6.45, 7) is 0. The van der Waals surface area contributed by atoms with E-state index in [0.717, 1.165) is 30.3 Å². The normalized spacial score (nSPS) is 29.5. The number of ether oxygens (including phenoxy) is 1. The van der Waals surface area contributed by atoms with E-state index in [-0.39, 0.29) is 12.1 Å². The highest BCUT2D eigenvalue weighted by Crippen LogP contribution is 2.44. The van der Waals surface area contributed by atoms with Crippen molar-refractivity contribution in [3.8, 4) is 0 Å². The number of rotatable bonds is 1. The van der Waals surface area contributed by atoms with Crippen LogP contribution in [0.4, 0.5) is 5.95 Å². The van der Waals surface area contributed by atoms with Gasteiger partial charge < -0.3 is 15.0 Å². The molecule has 1 aromatic heterocycles. The van der Waals surface area contributed by atoms with Gasteiger partial charge in [-0.25, -0.2) is 4.98 Å². The van der Waals surface area contributed by atoms with E-state index in [0.29, 0.717) is 22.1 Å². The molecule has 100 valence electrons. The monoisotopic (exact) mass is 297 g/mol. The minimum atomic E-state index is 0.249. The molecule has 19 heavy (non-hydrogen) atoms. The zero-order valence-corrected chi connectivity index (χ0v) is 11.7. The molecule has 0 spiro atoms. The third-order valence-electron chi connectivity index (χ3n) is 4.16. The van der Waals surface area contributed by atoms with Crippen LogP contribution in [0.2, 0.25) is 10.0 Å². The molecule has 0 radical (unpaired) electrons. The van der Waals surface area contributed by atoms with Crippen LogP contribution in [0.1, 0.15) is 25.3 Å². The molecule has 3 atom stereocenters. The second-order valence-corrected chi connectivity index (χ2v) is 6.09. The van der Waals surface area contributed by atoms with Crippen molar-refractivity contribution in [3.63, 3.8) is 0 Å². The van der Waals surface area contributed by atoms with E-state index >= 15 is 0 Å². The highest BCUT2D eigenvalue weighted by Gasteiger charge is 2.42. The Morgan fingerprint density at radius 3 is 2.74 bits per heavy atom. The largest absolute Gasteiger partial charge is 0.373 e. The zero-order chi connectivity index (χ0) is 13.1. The average Bonchev–Trinajstić information content (AvgIpc) is 3.03. The van der Waals surface area contributed by atoms with Gasteiger partial charge in [0, 0.05) is 0 Å². The maximum absolute atomic E-state index is 6.11. The van der Waals surface area contributed by atoms with Gasteiger partial charge >= 0.3 is 0 Å². The lowest BCUT2D eigenvalue weighted by molar-refractivity contribution is 0.0945. The van der Waals surface area contributed by atoms with E-state index in [9.17, 15) is 0 Å². The van der Waals surface area contributed by atoms with Gasteiger partial charge in [0.25, 0.3) is 0 Å². The van der Waals surface area contributed by atoms with Gasteiger partial charge in [0.15, 0.2) is 0 Å². The van der Waals surface area contributed by atoms with Crippen molar-refractivity contribution in [1.82, 2.24) is 9.55 Å². The van der Waals surface area contributed by atoms with Crippen LogP contribution in [-0.2, 0) is 4.74 Å². The number of imidazole rings is 1. The molecule has 2 aliphatic rings. The molecule has 2 saturated heterocycles. The lowest BCUT2D eigenvalue weighted by Crippen LogP contribution is -2.22. The number of benzene rings is 1. The Labute approximate surface area is 120 Å². The summed E-state index contributed by atoms with van der Waals surface area (Å²) in [6, 6.07) is 3.87. The number of nitrogens with two attached hydrogens (primary N) is 1. The fourth-order valence-electron chi connectivity index (χ4n) is 3.34. The van der Waals surface area contributed by atoms with Crippen LogP contribution < -0.4 is 5.73 Å². The SMILES string of the molecule is Nc1nc2cc(Cl)c(Cl)cc2n1C1CC2CCC1O2. The van der Waals surface area contributed by atoms with Gasteiger partial charge in [-0.3, -0.25) is 0 Å². The Hall–Kier alpha value is -0.970. The number of hydrogen-bond acceptors (Lipinski definition) is 3. The standard InChI is InChI=1S/C13H13Cl2N3O/c14-7-4-9-10(5-8(7)15)18(13(16)17-9)11-3-6-1-2-12(11)19-6/h4-6,11-12H,1-3H2,(H2,16,17). The number of nitrogen functional groups attached to an aromatic ring is 1. The van der Waals surface area contributed by atoms with Crippen molar-refractivity contribution in [2.24, 2.45) is 0 Å². The molecule has 2 bridgehead atoms. The Bertz CT molecular complexity index is 669. The molecule has 2 aromatic rings. The molecule has 3 heterocycles. The van der Waals surface area contributed by atoms with Crippen LogP contribution in [0.5, 0.6) is 0 Å². The van der Waals surface area contributed by atoms with E-state index in [1.165, 1.54) is 0 Å². The van der Waals surface area contributed by atoms with Gasteiger partial charge in [0.05, 0.1) is 39.3 Å². The highest BCUT2D eigenvalue weighted by atomic mass is 35.5. The first-order valence-electron chi connectivity index (χ1n) is 6.41. The number of halogens is 2. The lowest BCUT2D eigenvalue weighted by Gasteiger charge is -2.22. The van der Waals surface area contributed by atoms with Crippen molar-refractivity contribution < 1.29 is 4.74 Å². The van der Waals surface area contributed by atoms with Crippen LogP contribution in [0, 0.1) is 0 Å². The van der Waals surface area contributed by atoms with Crippen LogP contribution in [0.3, 0.4) is 0 Å². The van der Waals surface area contributed by atoms with Crippen molar-refractivity contribution in [1.29, 1.82) is 0 Å². The van der Waals surface area contributed by atoms with Crippen molar-refractivity contribution in [3.05, 3.63) is 22.2 Å². The fourth-order valence-corrected chi connectivity index (χ4v) is 3.66. The Kier molecular flexibility index (Phi) is 2.50. The minimum Gasteiger partial charge on any atom is -0.373 e. The summed E-state index contributed by atoms with van der Waals surface area (Å²) < 4.78 is 7.96. The molecule has 4 nitrogen and oxygen atoms in total. The third kappa shape index (κ3) is 1.67. The van der Waals surface area contributed by atoms with Gasteiger partial charge in [-0.05, 0) is 31.4 Å². The van der Waals surface area contributed by atoms with Gasteiger partial charge in [-0.1, -0.05) is 23.2 Å². The predicted octanol–water partition coefficient (Wildman–Crippen LogP) is 3.42. The Morgan fingerprint density at radius 2 is 2.05 bits per heavy atom. The number of anilines is 1. The van der Waals surface area contributed by atoms with Crippen LogP contribution in [0.25, 0.3) is 11.0 Å². The summed E-state index contributed by atoms with van der Waals surface area (Å²) in [7, 11) is 0. The van der Waals surface area contributed by atoms with E-state index in [1.54, 1.807) is 6.07 Å². The minimum absolute atomic E-state index is 0.249. The van der Waals surface area contributed by atoms with E-state index in [1.807, 2.05) is 6.07 Å². The average molecular weight is 298 g/mol. The van der Waals surface area contributed by atoms with Crippen molar-refractivity contribution in [2.45, 2.75) is 37.5 Å². The molecule has 1 aromatic carbocycles. The number of aromatic nitrogens is 2. The molecule has 0 amide bonds. The molecule has 2 aliphatic heterocycles. The van der Waals surface area contributed by atoms with Crippen LogP contribution in [-0.4, -0.2) is 21.8 Å². The van der Waals surface area contributed by atoms with Gasteiger partial charge in [-0.2, -0.15) is 0 Å². The lowest BCUT2D eigenvalue weighted by atomic mass is 9.95. The van der Waals surface area contributed by atoms with Gasteiger partial charge in [0.1, 0.15) is 0 Å². The van der Waals surface area contributed by atoms with Crippen LogP contribution >= 0.6 is 23.2 Å². The molecular formula is C13H13Cl2N3O. The molecule has 6 heteroatoms. The first kappa shape index (κ1) is 11.8. The number of hydrogen-bond donors (Lipinski definition) is 1. The summed E-state index contributed by atoms with van der Waals surface area (Å²) in [5.41, 5.74) is 7.80. The van der Waals surface area contributed by atoms with E-state index in [2.05, 4.69) is 9.55 Å². The molecule has 2 N–H and O–H groups in total. The molecule has 0 saturated carbocycles. The van der Waals surface area contributed by atoms with Crippen molar-refractivity contribution in [2.75, 3.05) is 5.73 Å². The first-order chi connectivity index (χ1) is 9.13. The van der Waals surface area contributed by atoms with E-state index in [4.69, 9.17) is 33.7 Å². The highest BCUT2D eigenvalue weighted by molar-refractivity contribution is 6.42. The molecule has 0 aliphatic carbocycles. The maximum Gasteiger partial charge on any atom is 0.201 e. The summed E-state index contributed by atoms with van der Waals surface area (Å²) in [5, 5.41) is 1.03. The van der Waals surface area contributed by atoms with E-state index < -0.39 is 0 Å². The molecule has 2 fully saturated rings. The number of fused-ring (bicyclic) bond motifs is 3. The van der Waals surface area contributed by atoms with Gasteiger partial charge in [0.2, 0.25) is 5.95 Å². The van der Waals surface area contributed by atoms with Gasteiger partial charge in [-0.15, -0.1) is 0 Å². The van der Waals surface area contributed by atoms with Crippen LogP contribution in [0.15, 0.2) is 12.1 Å². The maximum atomic E-state index is 6.11. The second-order valence-electron chi connectivity index (χ2n) is 5.27. The molecule has 3 unspecified atom stereocenters. The Balaban J connectivity index is 1.89. The summed E-state index contributed by atoms with van der Waals surface area (Å²) in [4.78, 5) is 4.39. The fraction of sp³-hybridized carbons (Fsp3) is 0.462. The summed E-state index contributed by atoms with van der Waals surface area (Å²) in [6.07, 6.45) is 3.87. The zero-order valence-electron chi connectivity index (χ0n) is 10.1. The smallest absolute Gasteiger partial charge is 0.201 e. The predicted molar refractivity (Wildman–Crippen MR) is 75.7 cm³/mol. The van der Waals surface area contributed by atoms with Crippen molar-refractivity contribution >= 4 is 40.2 Å². The summed E-state index contributed by atoms with van der Waals surface area (Å²) in [5.74, 6) is 0.509. The second kappa shape index (κ2) is 4.01. The third-order valence-corrected chi connectivity index (χ3v) is 4.89. The summed E-state index contributed by atoms with van der Waals surface area (Å²) >= 11 is 12.1. The first-order valence-corrected chi connectivity index (χ1v) is 7.17. The topological polar surface area (TPSA) is 53.1 Å². The number of nitrogens with zero attached hydrogens (tertiary/aromatic N) is 2. The molecular weight excluding hydrogens is 285 g/mol. The Morgan fingerprint density at radius 1 is 1.26 bits per heavy atom. The molecule has 4 rings (SSSR count). The quantitative estimate of drug-likeness (QED) is 0.877.